The van der Waals surface area contributed by atoms with E-state index in [0.29, 0.717) is 5.69 Å². The Labute approximate surface area is 182 Å². The van der Waals surface area contributed by atoms with Crippen molar-refractivity contribution in [3.05, 3.63) is 39.4 Å². The van der Waals surface area contributed by atoms with Crippen molar-refractivity contribution in [1.29, 1.82) is 0 Å². The lowest BCUT2D eigenvalue weighted by Gasteiger charge is -2.37. The van der Waals surface area contributed by atoms with Crippen LogP contribution in [0.5, 0.6) is 0 Å². The maximum Gasteiger partial charge on any atom is 0.349 e. The molecule has 0 saturated carbocycles. The second-order valence-electron chi connectivity index (χ2n) is 8.21. The standard InChI is InChI=1S/C21H35N4O4P/c1-13(2)25(14(3)4)30(27-11-10-22-9)29-19-16(6)20(28-18(19)8)24-12-15(5)17(7)23-21(24)26/h12-14,16,18-20H,10-11H2,1-8H3/t16?,18-,19?,20-,30?/m1/s1/i8D. The van der Waals surface area contributed by atoms with Gasteiger partial charge in [0.25, 0.3) is 8.53 Å². The van der Waals surface area contributed by atoms with Crippen LogP contribution in [-0.4, -0.2) is 51.7 Å². The first kappa shape index (κ1) is 23.3. The van der Waals surface area contributed by atoms with Crippen LogP contribution in [0.2, 0.25) is 0 Å². The molecule has 1 saturated heterocycles. The predicted octanol–water partition coefficient (Wildman–Crippen LogP) is 4.08. The number of aromatic nitrogens is 2. The van der Waals surface area contributed by atoms with Gasteiger partial charge in [-0.3, -0.25) is 4.57 Å². The molecule has 9 heteroatoms. The van der Waals surface area contributed by atoms with Crippen LogP contribution >= 0.6 is 8.53 Å². The molecule has 0 aliphatic carbocycles. The minimum Gasteiger partial charge on any atom is -0.352 e. The maximum absolute atomic E-state index is 12.5. The van der Waals surface area contributed by atoms with Gasteiger partial charge in [-0.2, -0.15) is 4.98 Å². The van der Waals surface area contributed by atoms with Crippen LogP contribution in [0.3, 0.4) is 0 Å². The molecule has 8 nitrogen and oxygen atoms in total. The van der Waals surface area contributed by atoms with Crippen LogP contribution in [0.25, 0.3) is 4.85 Å². The fourth-order valence-electron chi connectivity index (χ4n) is 3.59. The Morgan fingerprint density at radius 3 is 2.63 bits per heavy atom. The molecule has 2 rings (SSSR count). The van der Waals surface area contributed by atoms with Gasteiger partial charge in [-0.1, -0.05) is 6.92 Å². The summed E-state index contributed by atoms with van der Waals surface area (Å²) in [5, 5.41) is 0. The maximum atomic E-state index is 12.5. The predicted molar refractivity (Wildman–Crippen MR) is 118 cm³/mol. The van der Waals surface area contributed by atoms with E-state index in [1.165, 1.54) is 4.57 Å². The number of nitrogens with zero attached hydrogens (tertiary/aromatic N) is 4. The van der Waals surface area contributed by atoms with E-state index in [-0.39, 0.29) is 43.7 Å². The molecule has 3 unspecified atom stereocenters. The minimum atomic E-state index is -1.47. The normalized spacial score (nSPS) is 25.7. The van der Waals surface area contributed by atoms with Gasteiger partial charge in [0.1, 0.15) is 12.8 Å². The van der Waals surface area contributed by atoms with Crippen molar-refractivity contribution in [1.82, 2.24) is 14.2 Å². The summed E-state index contributed by atoms with van der Waals surface area (Å²) in [4.78, 5) is 20.0. The van der Waals surface area contributed by atoms with Crippen molar-refractivity contribution < 1.29 is 15.2 Å². The summed E-state index contributed by atoms with van der Waals surface area (Å²) in [5.74, 6) is -0.187. The van der Waals surface area contributed by atoms with Gasteiger partial charge >= 0.3 is 5.69 Å². The highest BCUT2D eigenvalue weighted by atomic mass is 31.2. The monoisotopic (exact) mass is 439 g/mol. The Kier molecular flexibility index (Phi) is 8.38. The van der Waals surface area contributed by atoms with Gasteiger partial charge in [-0.15, -0.1) is 0 Å². The first-order chi connectivity index (χ1) is 14.6. The third-order valence-electron chi connectivity index (χ3n) is 5.17. The van der Waals surface area contributed by atoms with Gasteiger partial charge in [0.05, 0.1) is 12.2 Å². The van der Waals surface area contributed by atoms with Crippen LogP contribution in [0.15, 0.2) is 11.0 Å². The van der Waals surface area contributed by atoms with E-state index < -0.39 is 27.0 Å². The molecule has 1 fully saturated rings. The molecular formula is C21H35N4O4P. The molecule has 0 bridgehead atoms. The van der Waals surface area contributed by atoms with Crippen LogP contribution < -0.4 is 5.69 Å². The lowest BCUT2D eigenvalue weighted by molar-refractivity contribution is -0.0135. The zero-order valence-corrected chi connectivity index (χ0v) is 19.9. The zero-order valence-electron chi connectivity index (χ0n) is 20.0. The first-order valence-corrected chi connectivity index (χ1v) is 11.5. The lowest BCUT2D eigenvalue weighted by atomic mass is 10.0. The summed E-state index contributed by atoms with van der Waals surface area (Å²) in [7, 11) is -1.47. The highest BCUT2D eigenvalue weighted by Crippen LogP contribution is 2.51. The van der Waals surface area contributed by atoms with Crippen molar-refractivity contribution in [2.75, 3.05) is 13.2 Å². The summed E-state index contributed by atoms with van der Waals surface area (Å²) in [5.41, 5.74) is 1.22. The van der Waals surface area contributed by atoms with E-state index in [1.807, 2.05) is 13.8 Å². The number of rotatable bonds is 9. The fraction of sp³-hybridized carbons (Fsp3) is 0.762. The number of hydrogen-bond acceptors (Lipinski definition) is 6. The first-order valence-electron chi connectivity index (χ1n) is 11.0. The minimum absolute atomic E-state index is 0.00706. The molecule has 1 aliphatic rings. The highest BCUT2D eigenvalue weighted by Gasteiger charge is 2.45. The van der Waals surface area contributed by atoms with Gasteiger partial charge in [0, 0.05) is 31.3 Å². The van der Waals surface area contributed by atoms with Gasteiger partial charge in [-0.25, -0.2) is 16.0 Å². The van der Waals surface area contributed by atoms with Crippen LogP contribution in [-0.2, 0) is 13.8 Å². The van der Waals surface area contributed by atoms with E-state index in [1.54, 1.807) is 13.1 Å². The molecule has 1 aromatic rings. The average molecular weight is 440 g/mol. The Morgan fingerprint density at radius 1 is 1.40 bits per heavy atom. The van der Waals surface area contributed by atoms with E-state index in [9.17, 15) is 4.79 Å². The summed E-state index contributed by atoms with van der Waals surface area (Å²) < 4.78 is 30.3. The second kappa shape index (κ2) is 10.8. The molecule has 0 radical (unpaired) electrons. The Balaban J connectivity index is 2.32. The van der Waals surface area contributed by atoms with Gasteiger partial charge < -0.3 is 18.6 Å². The van der Waals surface area contributed by atoms with Crippen molar-refractivity contribution in [2.45, 2.75) is 85.9 Å². The second-order valence-corrected chi connectivity index (χ2v) is 9.62. The fourth-order valence-corrected chi connectivity index (χ4v) is 5.42. The smallest absolute Gasteiger partial charge is 0.349 e. The van der Waals surface area contributed by atoms with Crippen LogP contribution in [0.4, 0.5) is 0 Å². The van der Waals surface area contributed by atoms with Crippen molar-refractivity contribution >= 4 is 8.53 Å². The quantitative estimate of drug-likeness (QED) is 0.328. The number of ether oxygens (including phenoxy) is 1. The van der Waals surface area contributed by atoms with Crippen molar-refractivity contribution in [2.24, 2.45) is 5.92 Å². The van der Waals surface area contributed by atoms with Gasteiger partial charge in [-0.05, 0) is 54.0 Å². The highest BCUT2D eigenvalue weighted by molar-refractivity contribution is 7.44. The molecule has 1 aromatic heterocycles. The SMILES string of the molecule is [2H]C[C@H]1O[C@@H](n2cc(C)c(C)nc2=O)C(C)C1OP(OCC[N+]#[C-])N(C(C)C)C(C)C. The summed E-state index contributed by atoms with van der Waals surface area (Å²) >= 11 is 0. The molecular weight excluding hydrogens is 403 g/mol. The largest absolute Gasteiger partial charge is 0.352 e. The van der Waals surface area contributed by atoms with E-state index >= 15 is 0 Å². The molecule has 168 valence electrons. The molecule has 30 heavy (non-hydrogen) atoms. The molecule has 0 spiro atoms. The molecule has 0 aromatic carbocycles. The van der Waals surface area contributed by atoms with Crippen LogP contribution in [0, 0.1) is 26.3 Å². The Morgan fingerprint density at radius 2 is 2.07 bits per heavy atom. The van der Waals surface area contributed by atoms with Crippen molar-refractivity contribution in [3.63, 3.8) is 0 Å². The molecule has 0 amide bonds. The lowest BCUT2D eigenvalue weighted by Crippen LogP contribution is -2.37. The van der Waals surface area contributed by atoms with Crippen molar-refractivity contribution in [3.8, 4) is 0 Å². The van der Waals surface area contributed by atoms with E-state index in [2.05, 4.69) is 42.2 Å². The zero-order chi connectivity index (χ0) is 23.3. The molecule has 0 N–H and O–H groups in total. The van der Waals surface area contributed by atoms with E-state index in [0.717, 1.165) is 5.56 Å². The molecule has 1 aliphatic heterocycles. The summed E-state index contributed by atoms with van der Waals surface area (Å²) in [6.07, 6.45) is 0.282. The third-order valence-corrected chi connectivity index (χ3v) is 7.30. The van der Waals surface area contributed by atoms with E-state index in [4.69, 9.17) is 21.7 Å². The number of hydrogen-bond donors (Lipinski definition) is 0. The number of aryl methyl sites for hydroxylation is 2. The Bertz CT molecular complexity index is 821. The Hall–Kier alpha value is -1.36. The average Bonchev–Trinajstić information content (AvgIpc) is 2.99. The molecule has 5 atom stereocenters. The van der Waals surface area contributed by atoms with Crippen LogP contribution in [0.1, 0.15) is 60.4 Å². The molecule has 2 heterocycles. The van der Waals surface area contributed by atoms with Gasteiger partial charge in [0.15, 0.2) is 0 Å². The van der Waals surface area contributed by atoms with Gasteiger partial charge in [0.2, 0.25) is 6.54 Å². The topological polar surface area (TPSA) is 70.2 Å². The summed E-state index contributed by atoms with van der Waals surface area (Å²) in [6, 6.07) is 0.349. The third kappa shape index (κ3) is 5.66. The summed E-state index contributed by atoms with van der Waals surface area (Å²) in [6.45, 7) is 21.6.